The summed E-state index contributed by atoms with van der Waals surface area (Å²) in [6.07, 6.45) is 1.22. The molecule has 1 saturated heterocycles. The van der Waals surface area contributed by atoms with Crippen LogP contribution in [-0.4, -0.2) is 61.7 Å². The third-order valence-corrected chi connectivity index (χ3v) is 6.71. The molecule has 2 aliphatic rings. The highest BCUT2D eigenvalue weighted by molar-refractivity contribution is 7.10. The molecule has 0 unspecified atom stereocenters. The molecule has 170 valence electrons. The first kappa shape index (κ1) is 22.3. The molecule has 1 N–H and O–H groups in total. The molecule has 1 fully saturated rings. The SMILES string of the molecule is COC(=O)C[C@H]1CC[C@@H]2[C@H](COc3ccc(NC(=O)Cc4cccs4)cc3C(=O)N2C)O1. The number of rotatable bonds is 5. The van der Waals surface area contributed by atoms with Gasteiger partial charge in [-0.05, 0) is 42.5 Å². The van der Waals surface area contributed by atoms with Gasteiger partial charge in [0.1, 0.15) is 18.5 Å². The molecule has 2 aliphatic heterocycles. The maximum atomic E-state index is 13.2. The number of amides is 2. The van der Waals surface area contributed by atoms with Crippen LogP contribution in [0.3, 0.4) is 0 Å². The third-order valence-electron chi connectivity index (χ3n) is 5.83. The minimum atomic E-state index is -0.342. The van der Waals surface area contributed by atoms with Gasteiger partial charge in [0.05, 0.1) is 37.7 Å². The van der Waals surface area contributed by atoms with E-state index in [2.05, 4.69) is 5.32 Å². The molecule has 3 atom stereocenters. The van der Waals surface area contributed by atoms with Gasteiger partial charge in [0.25, 0.3) is 5.91 Å². The van der Waals surface area contributed by atoms with E-state index in [1.165, 1.54) is 18.4 Å². The summed E-state index contributed by atoms with van der Waals surface area (Å²) < 4.78 is 16.8. The number of benzene rings is 1. The van der Waals surface area contributed by atoms with Crippen LogP contribution in [0.25, 0.3) is 0 Å². The van der Waals surface area contributed by atoms with E-state index >= 15 is 0 Å². The van der Waals surface area contributed by atoms with Crippen LogP contribution in [0.5, 0.6) is 5.75 Å². The first-order valence-corrected chi connectivity index (χ1v) is 11.4. The zero-order valence-electron chi connectivity index (χ0n) is 18.0. The molecule has 8 nitrogen and oxygen atoms in total. The first-order chi connectivity index (χ1) is 15.4. The summed E-state index contributed by atoms with van der Waals surface area (Å²) in [6.45, 7) is 0.261. The molecule has 0 radical (unpaired) electrons. The van der Waals surface area contributed by atoms with Crippen molar-refractivity contribution < 1.29 is 28.6 Å². The summed E-state index contributed by atoms with van der Waals surface area (Å²) in [6, 6.07) is 8.72. The molecule has 0 aliphatic carbocycles. The topological polar surface area (TPSA) is 94.2 Å². The molecule has 2 amide bonds. The van der Waals surface area contributed by atoms with Gasteiger partial charge >= 0.3 is 5.97 Å². The Morgan fingerprint density at radius 3 is 2.88 bits per heavy atom. The van der Waals surface area contributed by atoms with Crippen LogP contribution in [0.1, 0.15) is 34.5 Å². The molecular formula is C23H26N2O6S. The number of anilines is 1. The van der Waals surface area contributed by atoms with Gasteiger partial charge in [-0.3, -0.25) is 14.4 Å². The minimum Gasteiger partial charge on any atom is -0.490 e. The largest absolute Gasteiger partial charge is 0.490 e. The fraction of sp³-hybridized carbons (Fsp3) is 0.435. The second kappa shape index (κ2) is 9.70. The monoisotopic (exact) mass is 458 g/mol. The van der Waals surface area contributed by atoms with Gasteiger partial charge in [-0.25, -0.2) is 0 Å². The van der Waals surface area contributed by atoms with Gasteiger partial charge in [0.2, 0.25) is 5.91 Å². The van der Waals surface area contributed by atoms with Gasteiger partial charge in [-0.15, -0.1) is 11.3 Å². The van der Waals surface area contributed by atoms with Crippen molar-refractivity contribution in [2.75, 3.05) is 26.1 Å². The lowest BCUT2D eigenvalue weighted by Crippen LogP contribution is -2.53. The highest BCUT2D eigenvalue weighted by atomic mass is 32.1. The molecule has 4 rings (SSSR count). The van der Waals surface area contributed by atoms with Crippen LogP contribution in [-0.2, 0) is 25.5 Å². The van der Waals surface area contributed by atoms with Crippen LogP contribution in [0.2, 0.25) is 0 Å². The Labute approximate surface area is 190 Å². The quantitative estimate of drug-likeness (QED) is 0.693. The number of carbonyl (C=O) groups is 3. The molecule has 0 saturated carbocycles. The Hall–Kier alpha value is -2.91. The van der Waals surface area contributed by atoms with Crippen LogP contribution in [0, 0.1) is 0 Å². The van der Waals surface area contributed by atoms with Gasteiger partial charge < -0.3 is 24.4 Å². The number of carbonyl (C=O) groups excluding carboxylic acids is 3. The summed E-state index contributed by atoms with van der Waals surface area (Å²) in [5.41, 5.74) is 0.947. The molecular weight excluding hydrogens is 432 g/mol. The Kier molecular flexibility index (Phi) is 6.76. The van der Waals surface area contributed by atoms with Crippen molar-refractivity contribution >= 4 is 34.8 Å². The standard InChI is InChI=1S/C23H26N2O6S/c1-25-18-7-6-15(11-22(27)29-2)31-20(18)13-30-19-8-5-14(10-17(19)23(25)28)24-21(26)12-16-4-3-9-32-16/h3-5,8-10,15,18,20H,6-7,11-13H2,1-2H3,(H,24,26)/t15-,18-,20+/m1/s1. The maximum absolute atomic E-state index is 13.2. The summed E-state index contributed by atoms with van der Waals surface area (Å²) in [5.74, 6) is -0.213. The third kappa shape index (κ3) is 4.94. The van der Waals surface area contributed by atoms with Crippen LogP contribution >= 0.6 is 11.3 Å². The number of hydrogen-bond donors (Lipinski definition) is 1. The molecule has 2 aromatic rings. The van der Waals surface area contributed by atoms with Crippen molar-refractivity contribution in [2.45, 2.75) is 43.9 Å². The average Bonchev–Trinajstić information content (AvgIpc) is 3.29. The summed E-state index contributed by atoms with van der Waals surface area (Å²) in [5, 5.41) is 4.79. The number of fused-ring (bicyclic) bond motifs is 2. The van der Waals surface area contributed by atoms with Crippen molar-refractivity contribution in [1.29, 1.82) is 0 Å². The van der Waals surface area contributed by atoms with Crippen molar-refractivity contribution in [3.05, 3.63) is 46.2 Å². The predicted octanol–water partition coefficient (Wildman–Crippen LogP) is 2.87. The van der Waals surface area contributed by atoms with E-state index < -0.39 is 0 Å². The summed E-state index contributed by atoms with van der Waals surface area (Å²) >= 11 is 1.53. The van der Waals surface area contributed by atoms with E-state index in [1.807, 2.05) is 17.5 Å². The number of thiophene rings is 1. The molecule has 9 heteroatoms. The second-order valence-electron chi connectivity index (χ2n) is 7.96. The van der Waals surface area contributed by atoms with E-state index in [-0.39, 0.29) is 55.5 Å². The zero-order valence-corrected chi connectivity index (χ0v) is 18.9. The van der Waals surface area contributed by atoms with Gasteiger partial charge in [-0.2, -0.15) is 0 Å². The van der Waals surface area contributed by atoms with Crippen LogP contribution in [0.4, 0.5) is 5.69 Å². The van der Waals surface area contributed by atoms with Crippen molar-refractivity contribution in [2.24, 2.45) is 0 Å². The van der Waals surface area contributed by atoms with E-state index in [0.29, 0.717) is 29.8 Å². The number of ether oxygens (including phenoxy) is 3. The van der Waals surface area contributed by atoms with E-state index in [1.54, 1.807) is 30.1 Å². The van der Waals surface area contributed by atoms with Crippen LogP contribution in [0.15, 0.2) is 35.7 Å². The highest BCUT2D eigenvalue weighted by Gasteiger charge is 2.39. The molecule has 0 spiro atoms. The first-order valence-electron chi connectivity index (χ1n) is 10.5. The lowest BCUT2D eigenvalue weighted by atomic mass is 9.94. The Morgan fingerprint density at radius 1 is 1.28 bits per heavy atom. The fourth-order valence-electron chi connectivity index (χ4n) is 4.15. The van der Waals surface area contributed by atoms with Crippen molar-refractivity contribution in [3.63, 3.8) is 0 Å². The highest BCUT2D eigenvalue weighted by Crippen LogP contribution is 2.32. The second-order valence-corrected chi connectivity index (χ2v) is 9.00. The van der Waals surface area contributed by atoms with Gasteiger partial charge in [0.15, 0.2) is 0 Å². The Balaban J connectivity index is 1.48. The van der Waals surface area contributed by atoms with E-state index in [4.69, 9.17) is 14.2 Å². The number of nitrogens with one attached hydrogen (secondary N) is 1. The fourth-order valence-corrected chi connectivity index (χ4v) is 4.85. The smallest absolute Gasteiger partial charge is 0.308 e. The number of methoxy groups -OCH3 is 1. The van der Waals surface area contributed by atoms with Crippen LogP contribution < -0.4 is 10.1 Å². The predicted molar refractivity (Wildman–Crippen MR) is 119 cm³/mol. The zero-order chi connectivity index (χ0) is 22.7. The normalized spacial score (nSPS) is 22.6. The van der Waals surface area contributed by atoms with E-state index in [9.17, 15) is 14.4 Å². The Morgan fingerprint density at radius 2 is 2.12 bits per heavy atom. The lowest BCUT2D eigenvalue weighted by Gasteiger charge is -2.42. The minimum absolute atomic E-state index is 0.141. The number of likely N-dealkylation sites (N-methyl/N-ethyl adjacent to an activating group) is 1. The molecule has 1 aromatic carbocycles. The molecule has 1 aromatic heterocycles. The molecule has 32 heavy (non-hydrogen) atoms. The molecule has 0 bridgehead atoms. The number of nitrogens with zero attached hydrogens (tertiary/aromatic N) is 1. The lowest BCUT2D eigenvalue weighted by molar-refractivity contribution is -0.151. The van der Waals surface area contributed by atoms with Gasteiger partial charge in [-0.1, -0.05) is 6.07 Å². The summed E-state index contributed by atoms with van der Waals surface area (Å²) in [4.78, 5) is 39.9. The number of esters is 1. The van der Waals surface area contributed by atoms with Crippen molar-refractivity contribution in [1.82, 2.24) is 4.90 Å². The van der Waals surface area contributed by atoms with E-state index in [0.717, 1.165) is 4.88 Å². The summed E-state index contributed by atoms with van der Waals surface area (Å²) in [7, 11) is 3.11. The van der Waals surface area contributed by atoms with Gasteiger partial charge in [0, 0.05) is 17.6 Å². The Bertz CT molecular complexity index is 992. The molecule has 3 heterocycles. The average molecular weight is 459 g/mol. The van der Waals surface area contributed by atoms with Crippen molar-refractivity contribution in [3.8, 4) is 5.75 Å². The maximum Gasteiger partial charge on any atom is 0.308 e. The number of hydrogen-bond acceptors (Lipinski definition) is 7.